The van der Waals surface area contributed by atoms with Crippen molar-refractivity contribution in [2.45, 2.75) is 105 Å². The van der Waals surface area contributed by atoms with Gasteiger partial charge < -0.3 is 25.8 Å². The molecular weight excluding hydrogens is 444 g/mol. The number of amides is 1. The minimum Gasteiger partial charge on any atom is -0.444 e. The fourth-order valence-electron chi connectivity index (χ4n) is 4.41. The maximum absolute atomic E-state index is 11.9. The molecule has 0 spiro atoms. The molecule has 4 rings (SSSR count). The van der Waals surface area contributed by atoms with Gasteiger partial charge >= 0.3 is 6.09 Å². The number of alkyl carbamates (subject to hydrolysis) is 1. The van der Waals surface area contributed by atoms with Crippen LogP contribution in [0, 0.1) is 0 Å². The maximum atomic E-state index is 11.9. The molecule has 2 aliphatic rings. The summed E-state index contributed by atoms with van der Waals surface area (Å²) in [6.07, 6.45) is 11.2. The number of carbonyl (C=O) groups excluding carboxylic acids is 1. The zero-order chi connectivity index (χ0) is 24.0. The van der Waals surface area contributed by atoms with Crippen molar-refractivity contribution in [2.75, 3.05) is 0 Å². The molecule has 8 heteroatoms. The predicted octanol–water partition coefficient (Wildman–Crippen LogP) is 5.04. The highest BCUT2D eigenvalue weighted by Crippen LogP contribution is 2.27. The van der Waals surface area contributed by atoms with Gasteiger partial charge in [0.2, 0.25) is 11.1 Å². The van der Waals surface area contributed by atoms with E-state index in [1.807, 2.05) is 20.8 Å². The number of fused-ring (bicyclic) bond motifs is 2. The Morgan fingerprint density at radius 1 is 0.914 bits per heavy atom. The summed E-state index contributed by atoms with van der Waals surface area (Å²) in [5.41, 5.74) is 9.62. The number of rotatable bonds is 1. The molecule has 0 radical (unpaired) electrons. The summed E-state index contributed by atoms with van der Waals surface area (Å²) in [5.74, 6) is 0. The van der Waals surface area contributed by atoms with Crippen LogP contribution in [0.15, 0.2) is 34.1 Å². The molecule has 2 heterocycles. The zero-order valence-corrected chi connectivity index (χ0v) is 19.8. The number of carbonyl (C=O) groups is 1. The second-order valence-corrected chi connectivity index (χ2v) is 9.85. The molecule has 0 aromatic carbocycles. The Hall–Kier alpha value is -2.87. The van der Waals surface area contributed by atoms with Crippen LogP contribution in [-0.4, -0.2) is 21.7 Å². The first-order chi connectivity index (χ1) is 15.6. The number of aromatic amines is 2. The molecule has 2 aromatic heterocycles. The molecule has 0 saturated carbocycles. The third-order valence-corrected chi connectivity index (χ3v) is 5.96. The second kappa shape index (κ2) is 13.3. The molecule has 0 fully saturated rings. The first-order valence-electron chi connectivity index (χ1n) is 11.8. The lowest BCUT2D eigenvalue weighted by Gasteiger charge is -2.23. The molecule has 2 unspecified atom stereocenters. The minimum absolute atomic E-state index is 0. The van der Waals surface area contributed by atoms with Crippen LogP contribution in [0.1, 0.15) is 108 Å². The molecule has 0 bridgehead atoms. The largest absolute Gasteiger partial charge is 0.444 e. The first-order valence-corrected chi connectivity index (χ1v) is 11.8. The molecule has 2 atom stereocenters. The van der Waals surface area contributed by atoms with Gasteiger partial charge in [-0.1, -0.05) is 27.7 Å². The summed E-state index contributed by atoms with van der Waals surface area (Å²) in [7, 11) is 0. The van der Waals surface area contributed by atoms with Crippen LogP contribution < -0.4 is 22.2 Å². The summed E-state index contributed by atoms with van der Waals surface area (Å²) < 4.78 is 5.30. The Bertz CT molecular complexity index is 1070. The quantitative estimate of drug-likeness (QED) is 0.418. The van der Waals surface area contributed by atoms with Crippen molar-refractivity contribution >= 4 is 6.09 Å². The third kappa shape index (κ3) is 9.02. The lowest BCUT2D eigenvalue weighted by molar-refractivity contribution is 0.0501. The van der Waals surface area contributed by atoms with Crippen LogP contribution in [0.5, 0.6) is 0 Å². The lowest BCUT2D eigenvalue weighted by atomic mass is 10.0. The Morgan fingerprint density at radius 2 is 1.43 bits per heavy atom. The van der Waals surface area contributed by atoms with Gasteiger partial charge in [0.1, 0.15) is 5.60 Å². The number of nitrogens with two attached hydrogens (primary N) is 1. The summed E-state index contributed by atoms with van der Waals surface area (Å²) in [5, 5.41) is 2.91. The molecular formula is C27H44N4O4. The number of ether oxygens (including phenoxy) is 1. The van der Waals surface area contributed by atoms with E-state index in [-0.39, 0.29) is 38.1 Å². The molecule has 2 aliphatic carbocycles. The van der Waals surface area contributed by atoms with E-state index < -0.39 is 11.7 Å². The number of aryl methyl sites for hydroxylation is 2. The average molecular weight is 489 g/mol. The van der Waals surface area contributed by atoms with Gasteiger partial charge in [-0.05, 0) is 81.5 Å². The highest BCUT2D eigenvalue weighted by Gasteiger charge is 2.24. The average Bonchev–Trinajstić information content (AvgIpc) is 3.02. The summed E-state index contributed by atoms with van der Waals surface area (Å²) >= 11 is 0. The maximum Gasteiger partial charge on any atom is 0.408 e. The normalized spacial score (nSPS) is 19.0. The van der Waals surface area contributed by atoms with Crippen LogP contribution in [-0.2, 0) is 17.6 Å². The van der Waals surface area contributed by atoms with Gasteiger partial charge in [0.25, 0.3) is 0 Å². The van der Waals surface area contributed by atoms with Gasteiger partial charge in [-0.2, -0.15) is 0 Å². The molecule has 5 N–H and O–H groups in total. The van der Waals surface area contributed by atoms with E-state index in [2.05, 4.69) is 15.3 Å². The number of pyridine rings is 2. The first kappa shape index (κ1) is 30.2. The van der Waals surface area contributed by atoms with Crippen LogP contribution in [0.25, 0.3) is 0 Å². The summed E-state index contributed by atoms with van der Waals surface area (Å²) in [6.45, 7) is 5.52. The lowest BCUT2D eigenvalue weighted by Crippen LogP contribution is -2.35. The van der Waals surface area contributed by atoms with E-state index in [4.69, 9.17) is 10.5 Å². The van der Waals surface area contributed by atoms with E-state index in [0.29, 0.717) is 0 Å². The highest BCUT2D eigenvalue weighted by atomic mass is 16.6. The monoisotopic (exact) mass is 488 g/mol. The number of hydrogen-bond donors (Lipinski definition) is 4. The van der Waals surface area contributed by atoms with Gasteiger partial charge in [-0.15, -0.1) is 0 Å². The van der Waals surface area contributed by atoms with Crippen molar-refractivity contribution in [1.29, 1.82) is 0 Å². The molecule has 196 valence electrons. The van der Waals surface area contributed by atoms with Crippen LogP contribution in [0.3, 0.4) is 0 Å². The number of aromatic nitrogens is 2. The van der Waals surface area contributed by atoms with Crippen molar-refractivity contribution in [3.8, 4) is 0 Å². The summed E-state index contributed by atoms with van der Waals surface area (Å²) in [6, 6.07) is 3.32. The van der Waals surface area contributed by atoms with Gasteiger partial charge in [-0.3, -0.25) is 9.59 Å². The van der Waals surface area contributed by atoms with Crippen molar-refractivity contribution in [2.24, 2.45) is 5.73 Å². The predicted molar refractivity (Wildman–Crippen MR) is 142 cm³/mol. The molecule has 0 aliphatic heterocycles. The number of H-pyrrole nitrogens is 2. The van der Waals surface area contributed by atoms with E-state index in [1.165, 1.54) is 0 Å². The molecule has 2 aromatic rings. The molecule has 1 amide bonds. The van der Waals surface area contributed by atoms with Gasteiger partial charge in [-0.25, -0.2) is 4.79 Å². The fraction of sp³-hybridized carbons (Fsp3) is 0.593. The fourth-order valence-corrected chi connectivity index (χ4v) is 4.41. The third-order valence-electron chi connectivity index (χ3n) is 5.96. The van der Waals surface area contributed by atoms with Gasteiger partial charge in [0, 0.05) is 30.6 Å². The number of nitrogens with one attached hydrogen (secondary N) is 3. The van der Waals surface area contributed by atoms with E-state index >= 15 is 0 Å². The Labute approximate surface area is 209 Å². The smallest absolute Gasteiger partial charge is 0.408 e. The van der Waals surface area contributed by atoms with Gasteiger partial charge in [0.15, 0.2) is 0 Å². The molecule has 0 saturated heterocycles. The SMILES string of the molecule is C.C.CC(C)(C)OC(=O)NC1CCCCc2cc(=O)[nH]cc21.NC1CCCCc2cc(=O)[nH]cc21. The van der Waals surface area contributed by atoms with Crippen LogP contribution in [0.4, 0.5) is 4.79 Å². The molecule has 35 heavy (non-hydrogen) atoms. The van der Waals surface area contributed by atoms with Crippen LogP contribution in [0.2, 0.25) is 0 Å². The Kier molecular flexibility index (Phi) is 11.4. The van der Waals surface area contributed by atoms with E-state index in [0.717, 1.165) is 73.6 Å². The Balaban J connectivity index is 0.000000356. The standard InChI is InChI=1S/C15H22N2O3.C10H14N2O.2CH4/c1-15(2,3)20-14(19)17-12-7-5-4-6-10-8-13(18)16-9-11(10)12;11-9-4-2-1-3-7-5-10(13)12-6-8(7)9;;/h8-9,12H,4-7H2,1-3H3,(H,16,18)(H,17,19);5-6,9H,1-4,11H2,(H,12,13);2*1H4. The second-order valence-electron chi connectivity index (χ2n) is 9.85. The Morgan fingerprint density at radius 3 is 2.00 bits per heavy atom. The van der Waals surface area contributed by atoms with Crippen molar-refractivity contribution in [3.05, 3.63) is 67.5 Å². The topological polar surface area (TPSA) is 130 Å². The van der Waals surface area contributed by atoms with E-state index in [1.54, 1.807) is 24.5 Å². The van der Waals surface area contributed by atoms with Crippen molar-refractivity contribution in [1.82, 2.24) is 15.3 Å². The molecule has 8 nitrogen and oxygen atoms in total. The van der Waals surface area contributed by atoms with Gasteiger partial charge in [0.05, 0.1) is 6.04 Å². The summed E-state index contributed by atoms with van der Waals surface area (Å²) in [4.78, 5) is 39.8. The van der Waals surface area contributed by atoms with Crippen molar-refractivity contribution in [3.63, 3.8) is 0 Å². The number of hydrogen-bond acceptors (Lipinski definition) is 5. The highest BCUT2D eigenvalue weighted by molar-refractivity contribution is 5.68. The zero-order valence-electron chi connectivity index (χ0n) is 19.8. The minimum atomic E-state index is -0.511. The van der Waals surface area contributed by atoms with E-state index in [9.17, 15) is 14.4 Å². The van der Waals surface area contributed by atoms with Crippen molar-refractivity contribution < 1.29 is 9.53 Å². The van der Waals surface area contributed by atoms with Crippen LogP contribution >= 0.6 is 0 Å².